The molecule has 0 spiro atoms. The highest BCUT2D eigenvalue weighted by atomic mass is 16.2. The molecule has 6 heteroatoms. The molecule has 2 N–H and O–H groups in total. The smallest absolute Gasteiger partial charge is 0.316 e. The monoisotopic (exact) mass is 321 g/mol. The van der Waals surface area contributed by atoms with Crippen LogP contribution in [0.5, 0.6) is 0 Å². The minimum absolute atomic E-state index is 0.148. The molecular formula is C18H19N5O. The minimum atomic E-state index is -0.377. The second-order valence-electron chi connectivity index (χ2n) is 6.25. The number of rotatable bonds is 2. The second-order valence-corrected chi connectivity index (χ2v) is 6.25. The number of anilines is 1. The molecule has 1 aromatic heterocycles. The number of aromatic nitrogens is 2. The van der Waals surface area contributed by atoms with Crippen molar-refractivity contribution in [2.45, 2.75) is 38.6 Å². The van der Waals surface area contributed by atoms with Crippen LogP contribution in [0.2, 0.25) is 0 Å². The third-order valence-electron chi connectivity index (χ3n) is 4.68. The van der Waals surface area contributed by atoms with Crippen molar-refractivity contribution in [2.75, 3.05) is 5.32 Å². The van der Waals surface area contributed by atoms with E-state index in [1.807, 2.05) is 24.3 Å². The minimum Gasteiger partial charge on any atom is -0.378 e. The number of carbonyl (C=O) groups is 1. The normalized spacial score (nSPS) is 20.9. The van der Waals surface area contributed by atoms with E-state index in [2.05, 4.69) is 32.7 Å². The fraction of sp³-hybridized carbons (Fsp3) is 0.333. The van der Waals surface area contributed by atoms with Crippen molar-refractivity contribution in [1.29, 1.82) is 0 Å². The highest BCUT2D eigenvalue weighted by molar-refractivity contribution is 5.94. The Morgan fingerprint density at radius 3 is 3.04 bits per heavy atom. The van der Waals surface area contributed by atoms with Crippen molar-refractivity contribution in [1.82, 2.24) is 10.2 Å². The summed E-state index contributed by atoms with van der Waals surface area (Å²) < 4.78 is 0. The summed E-state index contributed by atoms with van der Waals surface area (Å²) in [5.74, 6) is -0.377. The maximum Gasteiger partial charge on any atom is 0.316 e. The zero-order valence-electron chi connectivity index (χ0n) is 13.5. The Morgan fingerprint density at radius 1 is 1.29 bits per heavy atom. The van der Waals surface area contributed by atoms with Crippen LogP contribution in [0.3, 0.4) is 0 Å². The van der Waals surface area contributed by atoms with Crippen LogP contribution in [0.15, 0.2) is 40.7 Å². The molecule has 2 heterocycles. The first kappa shape index (κ1) is 14.8. The molecule has 0 fully saturated rings. The quantitative estimate of drug-likeness (QED) is 0.827. The number of fused-ring (bicyclic) bond motifs is 2. The van der Waals surface area contributed by atoms with Gasteiger partial charge in [-0.05, 0) is 38.7 Å². The standard InChI is InChI=1S/C18H19N5O/c1-11-14(12-6-2-4-8-15(12)20-11)10-19-23-18(24)17-13-7-3-5-9-16(13)21-22-17/h2,4,6,8,10-11,20H,3,5,7,9H2,1H3,(H,21,22)/b14-10+,23-19?/t11-/m1/s1. The molecule has 0 radical (unpaired) electrons. The SMILES string of the molecule is C[C@H]1Nc2ccccc2/C1=C/N=NC(=O)c1n[nH]c2c1CCCC2. The summed E-state index contributed by atoms with van der Waals surface area (Å²) in [4.78, 5) is 12.3. The third-order valence-corrected chi connectivity index (χ3v) is 4.68. The summed E-state index contributed by atoms with van der Waals surface area (Å²) in [5, 5.41) is 18.4. The van der Waals surface area contributed by atoms with Crippen molar-refractivity contribution in [3.63, 3.8) is 0 Å². The van der Waals surface area contributed by atoms with Crippen LogP contribution < -0.4 is 5.32 Å². The Balaban J connectivity index is 1.55. The van der Waals surface area contributed by atoms with E-state index < -0.39 is 0 Å². The lowest BCUT2D eigenvalue weighted by Crippen LogP contribution is -2.08. The van der Waals surface area contributed by atoms with Crippen LogP contribution in [0, 0.1) is 0 Å². The van der Waals surface area contributed by atoms with Crippen LogP contribution in [-0.4, -0.2) is 22.1 Å². The van der Waals surface area contributed by atoms with E-state index >= 15 is 0 Å². The molecule has 1 amide bonds. The Morgan fingerprint density at radius 2 is 2.12 bits per heavy atom. The number of para-hydroxylation sites is 1. The van der Waals surface area contributed by atoms with E-state index in [0.717, 1.165) is 53.8 Å². The topological polar surface area (TPSA) is 82.5 Å². The van der Waals surface area contributed by atoms with Gasteiger partial charge in [-0.3, -0.25) is 9.89 Å². The zero-order chi connectivity index (χ0) is 16.5. The summed E-state index contributed by atoms with van der Waals surface area (Å²) in [6.07, 6.45) is 5.74. The fourth-order valence-electron chi connectivity index (χ4n) is 3.43. The van der Waals surface area contributed by atoms with E-state index in [1.165, 1.54) is 0 Å². The number of carbonyl (C=O) groups excluding carboxylic acids is 1. The number of amides is 1. The van der Waals surface area contributed by atoms with Gasteiger partial charge < -0.3 is 5.32 Å². The molecule has 4 rings (SSSR count). The molecule has 6 nitrogen and oxygen atoms in total. The van der Waals surface area contributed by atoms with Crippen molar-refractivity contribution in [3.05, 3.63) is 53.0 Å². The van der Waals surface area contributed by atoms with Gasteiger partial charge in [0, 0.05) is 28.1 Å². The molecule has 2 aliphatic rings. The number of nitrogens with zero attached hydrogens (tertiary/aromatic N) is 3. The number of H-pyrrole nitrogens is 1. The van der Waals surface area contributed by atoms with Crippen molar-refractivity contribution >= 4 is 17.2 Å². The molecular weight excluding hydrogens is 302 g/mol. The number of hydrogen-bond acceptors (Lipinski definition) is 4. The van der Waals surface area contributed by atoms with Gasteiger partial charge in [0.2, 0.25) is 0 Å². The largest absolute Gasteiger partial charge is 0.378 e. The van der Waals surface area contributed by atoms with Gasteiger partial charge in [-0.25, -0.2) is 0 Å². The van der Waals surface area contributed by atoms with Crippen molar-refractivity contribution in [3.8, 4) is 0 Å². The summed E-state index contributed by atoms with van der Waals surface area (Å²) in [7, 11) is 0. The first-order valence-corrected chi connectivity index (χ1v) is 8.31. The summed E-state index contributed by atoms with van der Waals surface area (Å²) in [6.45, 7) is 2.06. The highest BCUT2D eigenvalue weighted by Crippen LogP contribution is 2.34. The Labute approximate surface area is 140 Å². The molecule has 0 unspecified atom stereocenters. The van der Waals surface area contributed by atoms with Crippen LogP contribution >= 0.6 is 0 Å². The van der Waals surface area contributed by atoms with Gasteiger partial charge in [-0.2, -0.15) is 10.2 Å². The highest BCUT2D eigenvalue weighted by Gasteiger charge is 2.23. The Bertz CT molecular complexity index is 849. The lowest BCUT2D eigenvalue weighted by Gasteiger charge is -2.09. The van der Waals surface area contributed by atoms with E-state index in [1.54, 1.807) is 6.20 Å². The number of hydrogen-bond donors (Lipinski definition) is 2. The third kappa shape index (κ3) is 2.54. The molecule has 122 valence electrons. The van der Waals surface area contributed by atoms with Crippen LogP contribution in [-0.2, 0) is 12.8 Å². The van der Waals surface area contributed by atoms with Gasteiger partial charge in [0.25, 0.3) is 0 Å². The number of nitrogens with one attached hydrogen (secondary N) is 2. The first-order chi connectivity index (χ1) is 11.7. The lowest BCUT2D eigenvalue weighted by molar-refractivity contribution is 0.0989. The van der Waals surface area contributed by atoms with Crippen LogP contribution in [0.25, 0.3) is 5.57 Å². The molecule has 2 aromatic rings. The maximum absolute atomic E-state index is 12.3. The summed E-state index contributed by atoms with van der Waals surface area (Å²) in [6, 6.07) is 8.21. The van der Waals surface area contributed by atoms with Crippen LogP contribution in [0.4, 0.5) is 5.69 Å². The number of benzene rings is 1. The Kier molecular flexibility index (Phi) is 3.72. The van der Waals surface area contributed by atoms with Gasteiger partial charge in [-0.15, -0.1) is 5.11 Å². The first-order valence-electron chi connectivity index (χ1n) is 8.31. The predicted octanol–water partition coefficient (Wildman–Crippen LogP) is 3.74. The van der Waals surface area contributed by atoms with E-state index in [-0.39, 0.29) is 11.9 Å². The average Bonchev–Trinajstić information content (AvgIpc) is 3.16. The predicted molar refractivity (Wildman–Crippen MR) is 91.9 cm³/mol. The number of aromatic amines is 1. The van der Waals surface area contributed by atoms with Crippen molar-refractivity contribution < 1.29 is 4.79 Å². The lowest BCUT2D eigenvalue weighted by atomic mass is 9.96. The second kappa shape index (κ2) is 6.03. The number of azo groups is 1. The van der Waals surface area contributed by atoms with Crippen LogP contribution in [0.1, 0.15) is 47.1 Å². The van der Waals surface area contributed by atoms with Gasteiger partial charge in [0.05, 0.1) is 12.2 Å². The summed E-state index contributed by atoms with van der Waals surface area (Å²) >= 11 is 0. The van der Waals surface area contributed by atoms with E-state index in [0.29, 0.717) is 5.69 Å². The molecule has 0 saturated heterocycles. The fourth-order valence-corrected chi connectivity index (χ4v) is 3.43. The molecule has 24 heavy (non-hydrogen) atoms. The maximum atomic E-state index is 12.3. The summed E-state index contributed by atoms with van der Waals surface area (Å²) in [5.41, 5.74) is 5.73. The van der Waals surface area contributed by atoms with E-state index in [4.69, 9.17) is 0 Å². The molecule has 0 saturated carbocycles. The van der Waals surface area contributed by atoms with Gasteiger partial charge in [0.1, 0.15) is 0 Å². The van der Waals surface area contributed by atoms with Gasteiger partial charge >= 0.3 is 5.91 Å². The molecule has 1 aromatic carbocycles. The molecule has 0 bridgehead atoms. The van der Waals surface area contributed by atoms with Crippen molar-refractivity contribution in [2.24, 2.45) is 10.2 Å². The Hall–Kier alpha value is -2.76. The molecule has 1 aliphatic heterocycles. The van der Waals surface area contributed by atoms with Gasteiger partial charge in [0.15, 0.2) is 5.69 Å². The molecule has 1 aliphatic carbocycles. The molecule has 1 atom stereocenters. The zero-order valence-corrected chi connectivity index (χ0v) is 13.5. The van der Waals surface area contributed by atoms with E-state index in [9.17, 15) is 4.79 Å². The average molecular weight is 321 g/mol. The number of aryl methyl sites for hydroxylation is 1. The van der Waals surface area contributed by atoms with Gasteiger partial charge in [-0.1, -0.05) is 18.2 Å².